The Hall–Kier alpha value is -1.63. The third kappa shape index (κ3) is 4.51. The molecule has 0 saturated carbocycles. The number of aryl methyl sites for hydroxylation is 1. The minimum Gasteiger partial charge on any atom is -0.395 e. The Labute approximate surface area is 150 Å². The van der Waals surface area contributed by atoms with Crippen molar-refractivity contribution in [1.29, 1.82) is 0 Å². The number of carbonyl (C=O) groups is 1. The van der Waals surface area contributed by atoms with E-state index in [-0.39, 0.29) is 12.5 Å². The van der Waals surface area contributed by atoms with E-state index >= 15 is 0 Å². The van der Waals surface area contributed by atoms with Crippen LogP contribution in [0.2, 0.25) is 0 Å². The number of β-amino-alcohol motifs (C(OH)–C–C–N with tert-alkyl or cyclic N) is 1. The van der Waals surface area contributed by atoms with E-state index in [0.29, 0.717) is 6.54 Å². The quantitative estimate of drug-likeness (QED) is 0.809. The van der Waals surface area contributed by atoms with Gasteiger partial charge in [0, 0.05) is 70.2 Å². The number of nitrogens with zero attached hydrogens (tertiary/aromatic N) is 3. The third-order valence-electron chi connectivity index (χ3n) is 5.19. The van der Waals surface area contributed by atoms with Gasteiger partial charge in [-0.15, -0.1) is 0 Å². The summed E-state index contributed by atoms with van der Waals surface area (Å²) in [5, 5.41) is 12.4. The monoisotopic (exact) mass is 346 g/mol. The Bertz CT molecular complexity index is 579. The molecule has 2 fully saturated rings. The molecule has 0 aliphatic carbocycles. The summed E-state index contributed by atoms with van der Waals surface area (Å²) in [5.41, 5.74) is 3.20. The Kier molecular flexibility index (Phi) is 6.29. The van der Waals surface area contributed by atoms with Crippen LogP contribution in [-0.2, 0) is 6.42 Å². The molecule has 25 heavy (non-hydrogen) atoms. The average molecular weight is 346 g/mol. The summed E-state index contributed by atoms with van der Waals surface area (Å²) in [4.78, 5) is 19.5. The molecule has 2 saturated heterocycles. The van der Waals surface area contributed by atoms with E-state index in [2.05, 4.69) is 34.2 Å². The minimum atomic E-state index is 0.135. The van der Waals surface area contributed by atoms with Gasteiger partial charge in [0.05, 0.1) is 6.61 Å². The molecule has 2 N–H and O–H groups in total. The molecule has 1 amide bonds. The van der Waals surface area contributed by atoms with Gasteiger partial charge >= 0.3 is 0 Å². The lowest BCUT2D eigenvalue weighted by Crippen LogP contribution is -2.49. The van der Waals surface area contributed by atoms with Gasteiger partial charge in [0.25, 0.3) is 5.91 Å². The molecular formula is C19H30N4O2. The van der Waals surface area contributed by atoms with Crippen LogP contribution in [0.15, 0.2) is 18.2 Å². The molecular weight excluding hydrogens is 316 g/mol. The standard InChI is InChI=1S/C19H30N4O2/c1-2-16-13-17(15-18(14-16)22-5-3-20-4-6-22)19(25)23-9-7-21(8-10-23)11-12-24/h13-15,20,24H,2-12H2,1H3. The van der Waals surface area contributed by atoms with Crippen molar-refractivity contribution in [3.63, 3.8) is 0 Å². The SMILES string of the molecule is CCc1cc(C(=O)N2CCN(CCO)CC2)cc(N2CCNCC2)c1. The van der Waals surface area contributed by atoms with Crippen molar-refractivity contribution < 1.29 is 9.90 Å². The molecule has 1 aromatic rings. The summed E-state index contributed by atoms with van der Waals surface area (Å²) in [6.45, 7) is 10.1. The van der Waals surface area contributed by atoms with Crippen LogP contribution in [0.25, 0.3) is 0 Å². The van der Waals surface area contributed by atoms with Crippen LogP contribution in [0.3, 0.4) is 0 Å². The lowest BCUT2D eigenvalue weighted by molar-refractivity contribution is 0.0615. The van der Waals surface area contributed by atoms with Gasteiger partial charge < -0.3 is 20.2 Å². The first-order chi connectivity index (χ1) is 12.2. The Morgan fingerprint density at radius 1 is 1.08 bits per heavy atom. The number of rotatable bonds is 5. The lowest BCUT2D eigenvalue weighted by atomic mass is 10.0. The van der Waals surface area contributed by atoms with Gasteiger partial charge in [0.15, 0.2) is 0 Å². The number of nitrogens with one attached hydrogen (secondary N) is 1. The zero-order valence-electron chi connectivity index (χ0n) is 15.2. The summed E-state index contributed by atoms with van der Waals surface area (Å²) >= 11 is 0. The van der Waals surface area contributed by atoms with Crippen molar-refractivity contribution in [2.45, 2.75) is 13.3 Å². The first-order valence-corrected chi connectivity index (χ1v) is 9.43. The van der Waals surface area contributed by atoms with Gasteiger partial charge in [-0.1, -0.05) is 6.92 Å². The zero-order valence-corrected chi connectivity index (χ0v) is 15.2. The normalized spacial score (nSPS) is 19.3. The van der Waals surface area contributed by atoms with E-state index in [4.69, 9.17) is 5.11 Å². The van der Waals surface area contributed by atoms with Crippen LogP contribution in [0.5, 0.6) is 0 Å². The number of hydrogen-bond donors (Lipinski definition) is 2. The average Bonchev–Trinajstić information content (AvgIpc) is 2.68. The fourth-order valence-electron chi connectivity index (χ4n) is 3.61. The van der Waals surface area contributed by atoms with E-state index in [9.17, 15) is 4.79 Å². The maximum atomic E-state index is 13.0. The highest BCUT2D eigenvalue weighted by molar-refractivity contribution is 5.95. The van der Waals surface area contributed by atoms with Crippen molar-refractivity contribution in [2.75, 3.05) is 70.4 Å². The smallest absolute Gasteiger partial charge is 0.254 e. The highest BCUT2D eigenvalue weighted by Gasteiger charge is 2.23. The molecule has 138 valence electrons. The maximum absolute atomic E-state index is 13.0. The third-order valence-corrected chi connectivity index (χ3v) is 5.19. The minimum absolute atomic E-state index is 0.135. The highest BCUT2D eigenvalue weighted by atomic mass is 16.3. The number of anilines is 1. The zero-order chi connectivity index (χ0) is 17.6. The van der Waals surface area contributed by atoms with Crippen molar-refractivity contribution in [1.82, 2.24) is 15.1 Å². The largest absolute Gasteiger partial charge is 0.395 e. The number of amides is 1. The summed E-state index contributed by atoms with van der Waals surface area (Å²) in [6.07, 6.45) is 0.935. The van der Waals surface area contributed by atoms with E-state index in [1.165, 1.54) is 11.3 Å². The van der Waals surface area contributed by atoms with Crippen LogP contribution in [0.4, 0.5) is 5.69 Å². The van der Waals surface area contributed by atoms with Crippen molar-refractivity contribution in [2.24, 2.45) is 0 Å². The van der Waals surface area contributed by atoms with Gasteiger partial charge in [-0.05, 0) is 30.2 Å². The van der Waals surface area contributed by atoms with Crippen molar-refractivity contribution in [3.05, 3.63) is 29.3 Å². The second kappa shape index (κ2) is 8.65. The summed E-state index contributed by atoms with van der Waals surface area (Å²) in [7, 11) is 0. The number of hydrogen-bond acceptors (Lipinski definition) is 5. The predicted octanol–water partition coefficient (Wildman–Crippen LogP) is 0.409. The summed E-state index contributed by atoms with van der Waals surface area (Å²) in [6, 6.07) is 6.34. The van der Waals surface area contributed by atoms with Gasteiger partial charge in [-0.2, -0.15) is 0 Å². The van der Waals surface area contributed by atoms with Crippen LogP contribution in [-0.4, -0.2) is 86.3 Å². The molecule has 6 nitrogen and oxygen atoms in total. The number of benzene rings is 1. The first-order valence-electron chi connectivity index (χ1n) is 9.43. The number of aliphatic hydroxyl groups is 1. The van der Waals surface area contributed by atoms with Gasteiger partial charge in [0.1, 0.15) is 0 Å². The molecule has 0 aromatic heterocycles. The van der Waals surface area contributed by atoms with Gasteiger partial charge in [-0.3, -0.25) is 9.69 Å². The molecule has 2 aliphatic heterocycles. The summed E-state index contributed by atoms with van der Waals surface area (Å²) < 4.78 is 0. The molecule has 0 radical (unpaired) electrons. The molecule has 2 heterocycles. The fraction of sp³-hybridized carbons (Fsp3) is 0.632. The number of carbonyl (C=O) groups excluding carboxylic acids is 1. The topological polar surface area (TPSA) is 59.1 Å². The molecule has 3 rings (SSSR count). The second-order valence-corrected chi connectivity index (χ2v) is 6.84. The Balaban J connectivity index is 1.73. The lowest BCUT2D eigenvalue weighted by Gasteiger charge is -2.35. The van der Waals surface area contributed by atoms with Crippen LogP contribution in [0, 0.1) is 0 Å². The van der Waals surface area contributed by atoms with Crippen LogP contribution >= 0.6 is 0 Å². The fourth-order valence-corrected chi connectivity index (χ4v) is 3.61. The molecule has 1 aromatic carbocycles. The molecule has 2 aliphatic rings. The van der Waals surface area contributed by atoms with E-state index in [1.54, 1.807) is 0 Å². The Morgan fingerprint density at radius 2 is 1.80 bits per heavy atom. The molecule has 6 heteroatoms. The summed E-state index contributed by atoms with van der Waals surface area (Å²) in [5.74, 6) is 0.135. The molecule has 0 atom stereocenters. The maximum Gasteiger partial charge on any atom is 0.254 e. The Morgan fingerprint density at radius 3 is 2.44 bits per heavy atom. The molecule has 0 unspecified atom stereocenters. The molecule has 0 spiro atoms. The van der Waals surface area contributed by atoms with Crippen LogP contribution < -0.4 is 10.2 Å². The van der Waals surface area contributed by atoms with E-state index in [0.717, 1.165) is 64.3 Å². The number of aliphatic hydroxyl groups excluding tert-OH is 1. The molecule has 0 bridgehead atoms. The predicted molar refractivity (Wildman–Crippen MR) is 100 cm³/mol. The van der Waals surface area contributed by atoms with Crippen molar-refractivity contribution >= 4 is 11.6 Å². The van der Waals surface area contributed by atoms with Gasteiger partial charge in [0.2, 0.25) is 0 Å². The highest BCUT2D eigenvalue weighted by Crippen LogP contribution is 2.22. The van der Waals surface area contributed by atoms with Crippen molar-refractivity contribution in [3.8, 4) is 0 Å². The van der Waals surface area contributed by atoms with Crippen LogP contribution in [0.1, 0.15) is 22.8 Å². The van der Waals surface area contributed by atoms with E-state index < -0.39 is 0 Å². The first kappa shape index (κ1) is 18.2. The van der Waals surface area contributed by atoms with Gasteiger partial charge in [-0.25, -0.2) is 0 Å². The second-order valence-electron chi connectivity index (χ2n) is 6.84. The number of piperazine rings is 2. The van der Waals surface area contributed by atoms with E-state index in [1.807, 2.05) is 11.0 Å².